The first-order valence-electron chi connectivity index (χ1n) is 5.58. The van der Waals surface area contributed by atoms with Crippen molar-refractivity contribution in [2.24, 2.45) is 5.92 Å². The molecular weight excluding hydrogens is 240 g/mol. The Bertz CT molecular complexity index is 456. The summed E-state index contributed by atoms with van der Waals surface area (Å²) in [7, 11) is 0. The van der Waals surface area contributed by atoms with Gasteiger partial charge in [0.1, 0.15) is 5.82 Å². The summed E-state index contributed by atoms with van der Waals surface area (Å²) < 4.78 is 0. The van der Waals surface area contributed by atoms with Gasteiger partial charge in [0.15, 0.2) is 5.69 Å². The maximum Gasteiger partial charge on any atom is 0.356 e. The van der Waals surface area contributed by atoms with Crippen molar-refractivity contribution < 1.29 is 9.90 Å². The predicted octanol–water partition coefficient (Wildman–Crippen LogP) is 3.03. The number of carbonyl (C=O) groups is 1. The summed E-state index contributed by atoms with van der Waals surface area (Å²) in [6.07, 6.45) is 2.42. The Morgan fingerprint density at radius 1 is 1.53 bits per heavy atom. The van der Waals surface area contributed by atoms with Crippen LogP contribution in [-0.2, 0) is 0 Å². The van der Waals surface area contributed by atoms with E-state index in [1.807, 2.05) is 0 Å². The van der Waals surface area contributed by atoms with Crippen LogP contribution in [0.15, 0.2) is 12.1 Å². The van der Waals surface area contributed by atoms with Crippen molar-refractivity contribution in [3.05, 3.63) is 22.8 Å². The van der Waals surface area contributed by atoms with E-state index in [2.05, 4.69) is 24.1 Å². The zero-order valence-corrected chi connectivity index (χ0v) is 10.6. The molecule has 0 spiro atoms. The molecule has 1 aromatic rings. The molecule has 92 valence electrons. The standard InChI is InChI=1S/C12H15ClN2O2/c1-12(2,7-3-4-7)15-9-6-5-8(13)10(14-9)11(16)17/h5-7H,3-4H2,1-2H3,(H,14,15)(H,16,17). The van der Waals surface area contributed by atoms with E-state index in [0.717, 1.165) is 0 Å². The molecule has 2 N–H and O–H groups in total. The third kappa shape index (κ3) is 2.69. The van der Waals surface area contributed by atoms with Gasteiger partial charge in [-0.2, -0.15) is 0 Å². The number of rotatable bonds is 4. The van der Waals surface area contributed by atoms with Crippen LogP contribution in [0, 0.1) is 5.92 Å². The zero-order chi connectivity index (χ0) is 12.6. The molecule has 0 radical (unpaired) electrons. The van der Waals surface area contributed by atoms with Crippen molar-refractivity contribution in [2.75, 3.05) is 5.32 Å². The number of aromatic carboxylic acids is 1. The number of carboxylic acid groups (broad SMARTS) is 1. The van der Waals surface area contributed by atoms with Gasteiger partial charge in [-0.05, 0) is 44.7 Å². The second-order valence-corrected chi connectivity index (χ2v) is 5.36. The van der Waals surface area contributed by atoms with E-state index in [1.54, 1.807) is 12.1 Å². The Balaban J connectivity index is 2.21. The Hall–Kier alpha value is -1.29. The van der Waals surface area contributed by atoms with Crippen molar-refractivity contribution in [3.63, 3.8) is 0 Å². The summed E-state index contributed by atoms with van der Waals surface area (Å²) in [6.45, 7) is 4.20. The molecule has 0 bridgehead atoms. The van der Waals surface area contributed by atoms with Crippen molar-refractivity contribution >= 4 is 23.4 Å². The van der Waals surface area contributed by atoms with Gasteiger partial charge in [0.2, 0.25) is 0 Å². The highest BCUT2D eigenvalue weighted by Crippen LogP contribution is 2.40. The first kappa shape index (κ1) is 12.2. The van der Waals surface area contributed by atoms with E-state index >= 15 is 0 Å². The molecule has 1 heterocycles. The van der Waals surface area contributed by atoms with Gasteiger partial charge >= 0.3 is 5.97 Å². The van der Waals surface area contributed by atoms with Crippen LogP contribution in [0.4, 0.5) is 5.82 Å². The minimum Gasteiger partial charge on any atom is -0.476 e. The van der Waals surface area contributed by atoms with Crippen LogP contribution in [0.1, 0.15) is 37.2 Å². The summed E-state index contributed by atoms with van der Waals surface area (Å²) in [6, 6.07) is 3.27. The molecule has 1 fully saturated rings. The maximum atomic E-state index is 10.9. The largest absolute Gasteiger partial charge is 0.476 e. The normalized spacial score (nSPS) is 15.7. The summed E-state index contributed by atoms with van der Waals surface area (Å²) in [5, 5.41) is 12.4. The van der Waals surface area contributed by atoms with Crippen LogP contribution in [0.2, 0.25) is 5.02 Å². The van der Waals surface area contributed by atoms with Crippen molar-refractivity contribution in [3.8, 4) is 0 Å². The number of pyridine rings is 1. The molecule has 0 atom stereocenters. The molecular formula is C12H15ClN2O2. The summed E-state index contributed by atoms with van der Waals surface area (Å²) in [5.41, 5.74) is -0.167. The van der Waals surface area contributed by atoms with Crippen LogP contribution >= 0.6 is 11.6 Å². The van der Waals surface area contributed by atoms with Gasteiger partial charge in [-0.15, -0.1) is 0 Å². The second-order valence-electron chi connectivity index (χ2n) is 4.95. The molecule has 0 aromatic carbocycles. The number of anilines is 1. The highest BCUT2D eigenvalue weighted by Gasteiger charge is 2.37. The highest BCUT2D eigenvalue weighted by molar-refractivity contribution is 6.33. The van der Waals surface area contributed by atoms with Gasteiger partial charge in [0, 0.05) is 5.54 Å². The predicted molar refractivity (Wildman–Crippen MR) is 66.6 cm³/mol. The summed E-state index contributed by atoms with van der Waals surface area (Å²) in [5.74, 6) is 0.0832. The molecule has 17 heavy (non-hydrogen) atoms. The molecule has 1 saturated carbocycles. The lowest BCUT2D eigenvalue weighted by Crippen LogP contribution is -2.33. The van der Waals surface area contributed by atoms with Gasteiger partial charge in [-0.1, -0.05) is 11.6 Å². The van der Waals surface area contributed by atoms with E-state index in [9.17, 15) is 4.79 Å². The smallest absolute Gasteiger partial charge is 0.356 e. The quantitative estimate of drug-likeness (QED) is 0.867. The monoisotopic (exact) mass is 254 g/mol. The Labute approximate surface area is 105 Å². The number of hydrogen-bond donors (Lipinski definition) is 2. The number of nitrogens with one attached hydrogen (secondary N) is 1. The van der Waals surface area contributed by atoms with E-state index in [1.165, 1.54) is 12.8 Å². The molecule has 1 aromatic heterocycles. The Morgan fingerprint density at radius 2 is 2.18 bits per heavy atom. The van der Waals surface area contributed by atoms with Crippen molar-refractivity contribution in [1.82, 2.24) is 4.98 Å². The van der Waals surface area contributed by atoms with Crippen LogP contribution in [-0.4, -0.2) is 21.6 Å². The zero-order valence-electron chi connectivity index (χ0n) is 9.83. The fourth-order valence-corrected chi connectivity index (χ4v) is 2.09. The lowest BCUT2D eigenvalue weighted by atomic mass is 9.99. The van der Waals surface area contributed by atoms with Crippen molar-refractivity contribution in [1.29, 1.82) is 0 Å². The highest BCUT2D eigenvalue weighted by atomic mass is 35.5. The molecule has 2 rings (SSSR count). The van der Waals surface area contributed by atoms with Gasteiger partial charge < -0.3 is 10.4 Å². The maximum absolute atomic E-state index is 10.9. The minimum atomic E-state index is -1.11. The topological polar surface area (TPSA) is 62.2 Å². The molecule has 5 heteroatoms. The molecule has 1 aliphatic carbocycles. The molecule has 4 nitrogen and oxygen atoms in total. The fraction of sp³-hybridized carbons (Fsp3) is 0.500. The van der Waals surface area contributed by atoms with Crippen LogP contribution in [0.25, 0.3) is 0 Å². The summed E-state index contributed by atoms with van der Waals surface area (Å²) in [4.78, 5) is 14.9. The first-order valence-corrected chi connectivity index (χ1v) is 5.96. The van der Waals surface area contributed by atoms with Crippen LogP contribution < -0.4 is 5.32 Å². The number of carboxylic acids is 1. The fourth-order valence-electron chi connectivity index (χ4n) is 1.90. The molecule has 1 aliphatic rings. The number of hydrogen-bond acceptors (Lipinski definition) is 3. The molecule has 0 amide bonds. The van der Waals surface area contributed by atoms with Crippen molar-refractivity contribution in [2.45, 2.75) is 32.2 Å². The molecule has 0 unspecified atom stereocenters. The summed E-state index contributed by atoms with van der Waals surface area (Å²) >= 11 is 5.77. The Kier molecular flexibility index (Phi) is 3.00. The third-order valence-corrected chi connectivity index (χ3v) is 3.40. The van der Waals surface area contributed by atoms with Crippen LogP contribution in [0.5, 0.6) is 0 Å². The van der Waals surface area contributed by atoms with Crippen LogP contribution in [0.3, 0.4) is 0 Å². The molecule has 0 aliphatic heterocycles. The number of nitrogens with zero attached hydrogens (tertiary/aromatic N) is 1. The van der Waals surface area contributed by atoms with E-state index < -0.39 is 5.97 Å². The van der Waals surface area contributed by atoms with Gasteiger partial charge in [-0.3, -0.25) is 0 Å². The average molecular weight is 255 g/mol. The molecule has 0 saturated heterocycles. The van der Waals surface area contributed by atoms with E-state index in [4.69, 9.17) is 16.7 Å². The van der Waals surface area contributed by atoms with Gasteiger partial charge in [-0.25, -0.2) is 9.78 Å². The number of aromatic nitrogens is 1. The van der Waals surface area contributed by atoms with E-state index in [0.29, 0.717) is 11.7 Å². The van der Waals surface area contributed by atoms with Gasteiger partial charge in [0.25, 0.3) is 0 Å². The van der Waals surface area contributed by atoms with Gasteiger partial charge in [0.05, 0.1) is 5.02 Å². The lowest BCUT2D eigenvalue weighted by molar-refractivity contribution is 0.0691. The lowest BCUT2D eigenvalue weighted by Gasteiger charge is -2.27. The van der Waals surface area contributed by atoms with E-state index in [-0.39, 0.29) is 16.3 Å². The first-order chi connectivity index (χ1) is 7.90. The second kappa shape index (κ2) is 4.18. The Morgan fingerprint density at radius 3 is 2.71 bits per heavy atom. The minimum absolute atomic E-state index is 0.0589. The SMILES string of the molecule is CC(C)(Nc1ccc(Cl)c(C(=O)O)n1)C1CC1. The third-order valence-electron chi connectivity index (χ3n) is 3.10. The average Bonchev–Trinajstić information content (AvgIpc) is 3.03. The number of halogens is 1.